The van der Waals surface area contributed by atoms with Gasteiger partial charge in [0.15, 0.2) is 11.5 Å². The molecule has 172 valence electrons. The molecule has 0 amide bonds. The first-order valence-corrected chi connectivity index (χ1v) is 11.1. The summed E-state index contributed by atoms with van der Waals surface area (Å²) >= 11 is 0. The zero-order valence-electron chi connectivity index (χ0n) is 18.8. The molecule has 0 N–H and O–H groups in total. The third-order valence-corrected chi connectivity index (χ3v) is 6.81. The van der Waals surface area contributed by atoms with Crippen molar-refractivity contribution in [2.75, 3.05) is 32.1 Å². The number of benzene rings is 2. The highest BCUT2D eigenvalue weighted by molar-refractivity contribution is 6.02. The van der Waals surface area contributed by atoms with Gasteiger partial charge >= 0.3 is 6.18 Å². The first-order chi connectivity index (χ1) is 15.7. The maximum absolute atomic E-state index is 13.5. The second-order valence-electron chi connectivity index (χ2n) is 9.27. The van der Waals surface area contributed by atoms with E-state index in [1.165, 1.54) is 6.07 Å². The lowest BCUT2D eigenvalue weighted by atomic mass is 9.92. The predicted molar refractivity (Wildman–Crippen MR) is 120 cm³/mol. The van der Waals surface area contributed by atoms with Crippen LogP contribution in [-0.2, 0) is 6.18 Å². The summed E-state index contributed by atoms with van der Waals surface area (Å²) in [4.78, 5) is 9.02. The van der Waals surface area contributed by atoms with E-state index in [0.717, 1.165) is 50.2 Å². The maximum Gasteiger partial charge on any atom is 0.416 e. The van der Waals surface area contributed by atoms with Crippen LogP contribution >= 0.6 is 0 Å². The summed E-state index contributed by atoms with van der Waals surface area (Å²) in [5, 5.41) is 9.97. The number of oxazole rings is 1. The fourth-order valence-corrected chi connectivity index (χ4v) is 4.77. The minimum absolute atomic E-state index is 0.252. The van der Waals surface area contributed by atoms with Gasteiger partial charge in [-0.3, -0.25) is 0 Å². The van der Waals surface area contributed by atoms with Gasteiger partial charge in [-0.2, -0.15) is 18.4 Å². The van der Waals surface area contributed by atoms with Crippen LogP contribution in [0.15, 0.2) is 28.7 Å². The van der Waals surface area contributed by atoms with E-state index in [0.29, 0.717) is 45.3 Å². The van der Waals surface area contributed by atoms with Gasteiger partial charge in [0, 0.05) is 30.6 Å². The minimum atomic E-state index is -4.46. The monoisotopic (exact) mass is 454 g/mol. The van der Waals surface area contributed by atoms with Crippen LogP contribution in [-0.4, -0.2) is 43.1 Å². The molecule has 0 spiro atoms. The van der Waals surface area contributed by atoms with Crippen molar-refractivity contribution < 1.29 is 17.6 Å². The number of likely N-dealkylation sites (N-methyl/N-ethyl adjacent to an activating group) is 1. The molecule has 0 radical (unpaired) electrons. The average Bonchev–Trinajstić information content (AvgIpc) is 3.33. The number of hydrogen-bond donors (Lipinski definition) is 0. The summed E-state index contributed by atoms with van der Waals surface area (Å²) in [5.41, 5.74) is 3.07. The third kappa shape index (κ3) is 3.74. The van der Waals surface area contributed by atoms with Crippen molar-refractivity contribution in [2.24, 2.45) is 0 Å². The Hall–Kier alpha value is -3.05. The molecule has 2 aliphatic rings. The van der Waals surface area contributed by atoms with Crippen molar-refractivity contribution in [3.05, 3.63) is 46.8 Å². The molecule has 2 fully saturated rings. The molecule has 1 saturated heterocycles. The second-order valence-corrected chi connectivity index (χ2v) is 9.27. The van der Waals surface area contributed by atoms with E-state index >= 15 is 0 Å². The fourth-order valence-electron chi connectivity index (χ4n) is 4.77. The van der Waals surface area contributed by atoms with E-state index in [-0.39, 0.29) is 5.92 Å². The number of hydrogen-bond acceptors (Lipinski definition) is 5. The largest absolute Gasteiger partial charge is 0.438 e. The van der Waals surface area contributed by atoms with Crippen LogP contribution < -0.4 is 4.90 Å². The molecule has 2 heterocycles. The van der Waals surface area contributed by atoms with Crippen LogP contribution in [0, 0.1) is 18.3 Å². The van der Waals surface area contributed by atoms with E-state index in [4.69, 9.17) is 4.42 Å². The molecule has 1 aliphatic carbocycles. The molecule has 1 saturated carbocycles. The van der Waals surface area contributed by atoms with E-state index < -0.39 is 11.7 Å². The topological polar surface area (TPSA) is 56.3 Å². The molecular weight excluding hydrogens is 429 g/mol. The number of aromatic nitrogens is 1. The highest BCUT2D eigenvalue weighted by atomic mass is 19.4. The lowest BCUT2D eigenvalue weighted by Crippen LogP contribution is -2.31. The summed E-state index contributed by atoms with van der Waals surface area (Å²) in [5.74, 6) is 0.869. The van der Waals surface area contributed by atoms with E-state index in [1.54, 1.807) is 13.0 Å². The molecule has 1 unspecified atom stereocenters. The number of nitriles is 1. The lowest BCUT2D eigenvalue weighted by molar-refractivity contribution is -0.137. The Morgan fingerprint density at radius 2 is 1.97 bits per heavy atom. The molecule has 33 heavy (non-hydrogen) atoms. The predicted octanol–water partition coefficient (Wildman–Crippen LogP) is 5.71. The summed E-state index contributed by atoms with van der Waals surface area (Å²) in [6.07, 6.45) is -1.54. The van der Waals surface area contributed by atoms with Gasteiger partial charge in [0.25, 0.3) is 0 Å². The molecule has 0 bridgehead atoms. The number of anilines is 1. The van der Waals surface area contributed by atoms with Crippen LogP contribution in [0.1, 0.15) is 47.8 Å². The smallest absolute Gasteiger partial charge is 0.416 e. The van der Waals surface area contributed by atoms with Crippen LogP contribution in [0.4, 0.5) is 18.9 Å². The first-order valence-electron chi connectivity index (χ1n) is 11.1. The zero-order valence-corrected chi connectivity index (χ0v) is 18.8. The Labute approximate surface area is 190 Å². The van der Waals surface area contributed by atoms with Crippen molar-refractivity contribution in [1.82, 2.24) is 9.88 Å². The van der Waals surface area contributed by atoms with Gasteiger partial charge in [-0.25, -0.2) is 4.98 Å². The van der Waals surface area contributed by atoms with Crippen LogP contribution in [0.2, 0.25) is 0 Å². The molecular formula is C25H25F3N4O. The molecule has 1 atom stereocenters. The molecule has 5 rings (SSSR count). The molecule has 8 heteroatoms. The normalized spacial score (nSPS) is 19.0. The summed E-state index contributed by atoms with van der Waals surface area (Å²) in [6.45, 7) is 3.26. The van der Waals surface area contributed by atoms with Crippen LogP contribution in [0.5, 0.6) is 0 Å². The maximum atomic E-state index is 13.5. The highest BCUT2D eigenvalue weighted by Crippen LogP contribution is 2.48. The molecule has 3 aromatic rings. The second kappa shape index (κ2) is 7.77. The Morgan fingerprint density at radius 3 is 2.58 bits per heavy atom. The van der Waals surface area contributed by atoms with E-state index in [9.17, 15) is 18.4 Å². The number of alkyl halides is 3. The number of nitrogens with zero attached hydrogens (tertiary/aromatic N) is 4. The standard InChI is InChI=1S/C25H25F3N4O/c1-14-19(12-29)21-23(33-24(30-21)15-7-8-15)22(32-10-9-18(13-32)31(2)3)20(14)16-5-4-6-17(11-16)25(26,27)28/h4-6,11,15,18H,7-10,13H2,1-3H3. The van der Waals surface area contributed by atoms with Gasteiger partial charge in [0.05, 0.1) is 16.8 Å². The van der Waals surface area contributed by atoms with Crippen molar-refractivity contribution in [2.45, 2.75) is 44.3 Å². The molecule has 1 aliphatic heterocycles. The number of rotatable bonds is 4. The molecule has 1 aromatic heterocycles. The van der Waals surface area contributed by atoms with Crippen molar-refractivity contribution in [3.8, 4) is 17.2 Å². The van der Waals surface area contributed by atoms with Crippen LogP contribution in [0.25, 0.3) is 22.2 Å². The fraction of sp³-hybridized carbons (Fsp3) is 0.440. The van der Waals surface area contributed by atoms with Gasteiger partial charge in [0.1, 0.15) is 11.6 Å². The van der Waals surface area contributed by atoms with Crippen molar-refractivity contribution in [1.29, 1.82) is 5.26 Å². The SMILES string of the molecule is Cc1c(-c2cccc(C(F)(F)F)c2)c(N2CCC(N(C)C)C2)c2oc(C3CC3)nc2c1C#N. The molecule has 5 nitrogen and oxygen atoms in total. The quantitative estimate of drug-likeness (QED) is 0.505. The Morgan fingerprint density at radius 1 is 1.21 bits per heavy atom. The number of halogens is 3. The highest BCUT2D eigenvalue weighted by Gasteiger charge is 2.36. The summed E-state index contributed by atoms with van der Waals surface area (Å²) in [7, 11) is 4.06. The van der Waals surface area contributed by atoms with Gasteiger partial charge in [-0.05, 0) is 63.5 Å². The van der Waals surface area contributed by atoms with E-state index in [2.05, 4.69) is 20.9 Å². The number of fused-ring (bicyclic) bond motifs is 1. The molecule has 2 aromatic carbocycles. The average molecular weight is 454 g/mol. The van der Waals surface area contributed by atoms with Gasteiger partial charge in [-0.1, -0.05) is 12.1 Å². The Kier molecular flexibility index (Phi) is 5.13. The Balaban J connectivity index is 1.79. The van der Waals surface area contributed by atoms with Crippen molar-refractivity contribution >= 4 is 16.8 Å². The third-order valence-electron chi connectivity index (χ3n) is 6.81. The Bertz CT molecular complexity index is 1270. The van der Waals surface area contributed by atoms with Gasteiger partial charge < -0.3 is 14.2 Å². The van der Waals surface area contributed by atoms with Gasteiger partial charge in [-0.15, -0.1) is 0 Å². The summed E-state index contributed by atoms with van der Waals surface area (Å²) < 4.78 is 46.8. The van der Waals surface area contributed by atoms with Crippen LogP contribution in [0.3, 0.4) is 0 Å². The van der Waals surface area contributed by atoms with Gasteiger partial charge in [0.2, 0.25) is 0 Å². The van der Waals surface area contributed by atoms with E-state index in [1.807, 2.05) is 14.1 Å². The first kappa shape index (κ1) is 21.8. The lowest BCUT2D eigenvalue weighted by Gasteiger charge is -2.26. The summed E-state index contributed by atoms with van der Waals surface area (Å²) in [6, 6.07) is 7.88. The van der Waals surface area contributed by atoms with Crippen molar-refractivity contribution in [3.63, 3.8) is 0 Å². The zero-order chi connectivity index (χ0) is 23.5. The minimum Gasteiger partial charge on any atom is -0.438 e.